The number of benzene rings is 1. The second kappa shape index (κ2) is 6.56. The van der Waals surface area contributed by atoms with Gasteiger partial charge in [-0.3, -0.25) is 4.72 Å². The van der Waals surface area contributed by atoms with E-state index in [1.54, 1.807) is 0 Å². The van der Waals surface area contributed by atoms with Crippen LogP contribution in [-0.4, -0.2) is 40.1 Å². The number of sulfonamides is 1. The molecule has 138 valence electrons. The Labute approximate surface area is 146 Å². The van der Waals surface area contributed by atoms with E-state index < -0.39 is 22.0 Å². The number of halogens is 3. The zero-order valence-electron chi connectivity index (χ0n) is 13.5. The number of aryl methyl sites for hydroxylation is 1. The number of anilines is 1. The van der Waals surface area contributed by atoms with Gasteiger partial charge >= 0.3 is 6.18 Å². The van der Waals surface area contributed by atoms with Gasteiger partial charge in [0.05, 0.1) is 18.1 Å². The molecule has 3 rings (SSSR count). The van der Waals surface area contributed by atoms with Crippen LogP contribution in [0.3, 0.4) is 0 Å². The Hall–Kier alpha value is -2.69. The molecule has 0 amide bonds. The van der Waals surface area contributed by atoms with Crippen LogP contribution in [0, 0.1) is 6.92 Å². The van der Waals surface area contributed by atoms with Crippen LogP contribution in [0.15, 0.2) is 36.8 Å². The molecule has 0 bridgehead atoms. The van der Waals surface area contributed by atoms with Crippen molar-refractivity contribution in [2.75, 3.05) is 10.5 Å². The number of aromatic nitrogens is 4. The Bertz CT molecular complexity index is 1050. The van der Waals surface area contributed by atoms with Crippen LogP contribution >= 0.6 is 0 Å². The second-order valence-corrected chi connectivity index (χ2v) is 7.45. The zero-order chi connectivity index (χ0) is 18.9. The molecule has 3 aromatic rings. The average Bonchev–Trinajstić information content (AvgIpc) is 2.89. The third-order valence-electron chi connectivity index (χ3n) is 3.45. The summed E-state index contributed by atoms with van der Waals surface area (Å²) in [6, 6.07) is 7.69. The van der Waals surface area contributed by atoms with Crippen molar-refractivity contribution < 1.29 is 21.6 Å². The highest BCUT2D eigenvalue weighted by atomic mass is 32.2. The third kappa shape index (κ3) is 4.28. The monoisotopic (exact) mass is 385 g/mol. The molecule has 7 nitrogen and oxygen atoms in total. The van der Waals surface area contributed by atoms with Crippen molar-refractivity contribution in [2.24, 2.45) is 0 Å². The molecule has 11 heteroatoms. The fourth-order valence-corrected chi connectivity index (χ4v) is 3.43. The number of fused-ring (bicyclic) bond motifs is 1. The summed E-state index contributed by atoms with van der Waals surface area (Å²) in [5.41, 5.74) is 2.33. The lowest BCUT2D eigenvalue weighted by Gasteiger charge is -2.10. The molecule has 1 aromatic carbocycles. The summed E-state index contributed by atoms with van der Waals surface area (Å²) in [4.78, 5) is 7.79. The molecule has 0 saturated carbocycles. The Kier molecular flexibility index (Phi) is 4.57. The summed E-state index contributed by atoms with van der Waals surface area (Å²) in [7, 11) is -4.64. The quantitative estimate of drug-likeness (QED) is 0.729. The largest absolute Gasteiger partial charge is 0.404 e. The van der Waals surface area contributed by atoms with E-state index >= 15 is 0 Å². The standard InChI is InChI=1S/C15H14F3N5O2S/c1-10-3-2-4-11(5-10)7-23-14-12(6-21-23)13(19-9-20-14)22-26(24,25)8-15(16,17)18/h2-6,9H,7-8H2,1H3,(H,19,20,22). The summed E-state index contributed by atoms with van der Waals surface area (Å²) in [5, 5.41) is 4.36. The van der Waals surface area contributed by atoms with Gasteiger partial charge in [-0.15, -0.1) is 0 Å². The number of rotatable bonds is 5. The first-order valence-electron chi connectivity index (χ1n) is 7.42. The molecule has 0 radical (unpaired) electrons. The minimum atomic E-state index is -4.85. The normalized spacial score (nSPS) is 12.5. The van der Waals surface area contributed by atoms with E-state index in [1.807, 2.05) is 35.9 Å². The molecule has 0 saturated heterocycles. The van der Waals surface area contributed by atoms with Gasteiger partial charge in [0.25, 0.3) is 0 Å². The lowest BCUT2D eigenvalue weighted by Crippen LogP contribution is -2.28. The second-order valence-electron chi connectivity index (χ2n) is 5.73. The van der Waals surface area contributed by atoms with Crippen LogP contribution in [0.1, 0.15) is 11.1 Å². The Morgan fingerprint density at radius 2 is 2.00 bits per heavy atom. The predicted octanol–water partition coefficient (Wildman–Crippen LogP) is 2.49. The van der Waals surface area contributed by atoms with Gasteiger partial charge in [-0.25, -0.2) is 23.1 Å². The van der Waals surface area contributed by atoms with Crippen LogP contribution in [0.4, 0.5) is 19.0 Å². The minimum absolute atomic E-state index is 0.214. The highest BCUT2D eigenvalue weighted by Gasteiger charge is 2.35. The van der Waals surface area contributed by atoms with Crippen molar-refractivity contribution in [1.29, 1.82) is 0 Å². The highest BCUT2D eigenvalue weighted by Crippen LogP contribution is 2.23. The van der Waals surface area contributed by atoms with Crippen molar-refractivity contribution in [2.45, 2.75) is 19.6 Å². The topological polar surface area (TPSA) is 89.8 Å². The maximum Gasteiger partial charge on any atom is 0.404 e. The molecule has 2 aromatic heterocycles. The van der Waals surface area contributed by atoms with Crippen molar-refractivity contribution in [1.82, 2.24) is 19.7 Å². The maximum atomic E-state index is 12.4. The summed E-state index contributed by atoms with van der Waals surface area (Å²) >= 11 is 0. The van der Waals surface area contributed by atoms with Gasteiger partial charge in [0.2, 0.25) is 10.0 Å². The smallest absolute Gasteiger partial charge is 0.266 e. The Balaban J connectivity index is 1.92. The van der Waals surface area contributed by atoms with Crippen molar-refractivity contribution >= 4 is 26.9 Å². The molecule has 0 aliphatic rings. The van der Waals surface area contributed by atoms with Gasteiger partial charge in [0.15, 0.2) is 17.2 Å². The summed E-state index contributed by atoms with van der Waals surface area (Å²) in [6.45, 7) is 2.32. The van der Waals surface area contributed by atoms with Crippen LogP contribution < -0.4 is 4.72 Å². The first kappa shape index (κ1) is 18.1. The molecular formula is C15H14F3N5O2S. The summed E-state index contributed by atoms with van der Waals surface area (Å²) in [5.74, 6) is -2.24. The fourth-order valence-electron chi connectivity index (χ4n) is 2.47. The zero-order valence-corrected chi connectivity index (χ0v) is 14.3. The van der Waals surface area contributed by atoms with Crippen LogP contribution in [0.2, 0.25) is 0 Å². The first-order valence-corrected chi connectivity index (χ1v) is 9.07. The predicted molar refractivity (Wildman–Crippen MR) is 89.1 cm³/mol. The molecular weight excluding hydrogens is 371 g/mol. The number of nitrogens with one attached hydrogen (secondary N) is 1. The van der Waals surface area contributed by atoms with E-state index in [4.69, 9.17) is 0 Å². The molecule has 0 unspecified atom stereocenters. The van der Waals surface area contributed by atoms with Crippen LogP contribution in [0.5, 0.6) is 0 Å². The maximum absolute atomic E-state index is 12.4. The fraction of sp³-hybridized carbons (Fsp3) is 0.267. The lowest BCUT2D eigenvalue weighted by molar-refractivity contribution is -0.106. The van der Waals surface area contributed by atoms with E-state index in [-0.39, 0.29) is 11.2 Å². The highest BCUT2D eigenvalue weighted by molar-refractivity contribution is 7.92. The Morgan fingerprint density at radius 1 is 1.23 bits per heavy atom. The van der Waals surface area contributed by atoms with Crippen LogP contribution in [-0.2, 0) is 16.6 Å². The molecule has 0 aliphatic heterocycles. The van der Waals surface area contributed by atoms with Gasteiger partial charge in [-0.1, -0.05) is 29.8 Å². The number of hydrogen-bond donors (Lipinski definition) is 1. The van der Waals surface area contributed by atoms with Crippen molar-refractivity contribution in [3.8, 4) is 0 Å². The molecule has 26 heavy (non-hydrogen) atoms. The molecule has 0 fully saturated rings. The summed E-state index contributed by atoms with van der Waals surface area (Å²) in [6.07, 6.45) is -2.47. The lowest BCUT2D eigenvalue weighted by atomic mass is 10.1. The van der Waals surface area contributed by atoms with E-state index in [0.29, 0.717) is 12.2 Å². The van der Waals surface area contributed by atoms with Gasteiger partial charge in [0, 0.05) is 0 Å². The molecule has 0 atom stereocenters. The average molecular weight is 385 g/mol. The van der Waals surface area contributed by atoms with E-state index in [1.165, 1.54) is 10.9 Å². The molecule has 0 spiro atoms. The van der Waals surface area contributed by atoms with Crippen molar-refractivity contribution in [3.05, 3.63) is 47.9 Å². The molecule has 1 N–H and O–H groups in total. The SMILES string of the molecule is Cc1cccc(Cn2ncc3c(NS(=O)(=O)CC(F)(F)F)ncnc32)c1. The third-order valence-corrected chi connectivity index (χ3v) is 4.67. The van der Waals surface area contributed by atoms with Gasteiger partial charge in [0.1, 0.15) is 6.33 Å². The summed E-state index contributed by atoms with van der Waals surface area (Å²) < 4.78 is 63.9. The number of hydrogen-bond acceptors (Lipinski definition) is 5. The van der Waals surface area contributed by atoms with E-state index in [2.05, 4.69) is 15.1 Å². The van der Waals surface area contributed by atoms with Gasteiger partial charge in [-0.2, -0.15) is 18.3 Å². The van der Waals surface area contributed by atoms with Gasteiger partial charge < -0.3 is 0 Å². The van der Waals surface area contributed by atoms with Crippen molar-refractivity contribution in [3.63, 3.8) is 0 Å². The van der Waals surface area contributed by atoms with Gasteiger partial charge in [-0.05, 0) is 12.5 Å². The van der Waals surface area contributed by atoms with E-state index in [0.717, 1.165) is 17.5 Å². The van der Waals surface area contributed by atoms with Crippen LogP contribution in [0.25, 0.3) is 11.0 Å². The van der Waals surface area contributed by atoms with E-state index in [9.17, 15) is 21.6 Å². The number of nitrogens with zero attached hydrogens (tertiary/aromatic N) is 4. The minimum Gasteiger partial charge on any atom is -0.266 e. The molecule has 2 heterocycles. The Morgan fingerprint density at radius 3 is 2.69 bits per heavy atom. The molecule has 0 aliphatic carbocycles. The number of alkyl halides is 3. The first-order chi connectivity index (χ1) is 12.1.